The molecule has 0 aliphatic carbocycles. The second kappa shape index (κ2) is 9.57. The van der Waals surface area contributed by atoms with Crippen molar-refractivity contribution in [2.24, 2.45) is 0 Å². The van der Waals surface area contributed by atoms with Gasteiger partial charge in [-0.25, -0.2) is 4.79 Å². The van der Waals surface area contributed by atoms with Gasteiger partial charge in [-0.05, 0) is 36.4 Å². The third kappa shape index (κ3) is 6.11. The number of furan rings is 1. The molecule has 2 aromatic rings. The molecule has 0 saturated carbocycles. The first-order chi connectivity index (χ1) is 13.1. The van der Waals surface area contributed by atoms with Crippen LogP contribution in [0.1, 0.15) is 12.2 Å². The lowest BCUT2D eigenvalue weighted by atomic mass is 10.3. The topological polar surface area (TPSA) is 77.8 Å². The maximum Gasteiger partial charge on any atom is 0.317 e. The Balaban J connectivity index is 1.32. The molecule has 7 nitrogen and oxygen atoms in total. The smallest absolute Gasteiger partial charge is 0.317 e. The number of carbonyl (C=O) groups is 2. The van der Waals surface area contributed by atoms with Gasteiger partial charge in [0.15, 0.2) is 0 Å². The summed E-state index contributed by atoms with van der Waals surface area (Å²) < 4.78 is 6.32. The highest BCUT2D eigenvalue weighted by Crippen LogP contribution is 2.14. The van der Waals surface area contributed by atoms with Gasteiger partial charge in [-0.2, -0.15) is 0 Å². The Morgan fingerprint density at radius 1 is 1.07 bits per heavy atom. The van der Waals surface area contributed by atoms with E-state index in [0.717, 1.165) is 35.6 Å². The first-order valence-corrected chi connectivity index (χ1v) is 9.72. The summed E-state index contributed by atoms with van der Waals surface area (Å²) in [6.07, 6.45) is 1.91. The summed E-state index contributed by atoms with van der Waals surface area (Å²) >= 11 is 3.35. The van der Waals surface area contributed by atoms with Crippen LogP contribution in [0.25, 0.3) is 0 Å². The van der Waals surface area contributed by atoms with Crippen LogP contribution in [0.3, 0.4) is 0 Å². The molecule has 0 bridgehead atoms. The number of halogens is 1. The van der Waals surface area contributed by atoms with E-state index >= 15 is 0 Å². The Morgan fingerprint density at radius 3 is 2.48 bits per heavy atom. The van der Waals surface area contributed by atoms with Crippen LogP contribution < -0.4 is 10.6 Å². The van der Waals surface area contributed by atoms with Gasteiger partial charge in [-0.1, -0.05) is 15.9 Å². The maximum atomic E-state index is 12.2. The van der Waals surface area contributed by atoms with E-state index in [4.69, 9.17) is 4.42 Å². The van der Waals surface area contributed by atoms with Crippen molar-refractivity contribution < 1.29 is 14.0 Å². The monoisotopic (exact) mass is 434 g/mol. The highest BCUT2D eigenvalue weighted by Gasteiger charge is 2.21. The van der Waals surface area contributed by atoms with E-state index in [1.807, 2.05) is 36.4 Å². The number of amides is 3. The standard InChI is InChI=1S/C19H23BrN4O3/c20-15-3-5-16(6-4-15)22-18(25)7-8-21-19(26)24-11-9-23(10-12-24)14-17-2-1-13-27-17/h1-6,13H,7-12,14H2,(H,21,26)(H,22,25). The van der Waals surface area contributed by atoms with Crippen LogP contribution in [0.15, 0.2) is 51.6 Å². The fourth-order valence-corrected chi connectivity index (χ4v) is 3.15. The molecule has 27 heavy (non-hydrogen) atoms. The quantitative estimate of drug-likeness (QED) is 0.732. The summed E-state index contributed by atoms with van der Waals surface area (Å²) in [6.45, 7) is 4.01. The zero-order valence-corrected chi connectivity index (χ0v) is 16.6. The van der Waals surface area contributed by atoms with Gasteiger partial charge in [-0.3, -0.25) is 9.69 Å². The Hall–Kier alpha value is -2.32. The van der Waals surface area contributed by atoms with E-state index in [9.17, 15) is 9.59 Å². The molecule has 8 heteroatoms. The van der Waals surface area contributed by atoms with E-state index < -0.39 is 0 Å². The first kappa shape index (κ1) is 19.4. The molecule has 2 heterocycles. The SMILES string of the molecule is O=C(CCNC(=O)N1CCN(Cc2ccco2)CC1)Nc1ccc(Br)cc1. The van der Waals surface area contributed by atoms with Crippen molar-refractivity contribution in [1.82, 2.24) is 15.1 Å². The molecule has 1 saturated heterocycles. The Kier molecular flexibility index (Phi) is 6.89. The fourth-order valence-electron chi connectivity index (χ4n) is 2.88. The van der Waals surface area contributed by atoms with Crippen LogP contribution in [0, 0.1) is 0 Å². The van der Waals surface area contributed by atoms with Gasteiger partial charge >= 0.3 is 6.03 Å². The average molecular weight is 435 g/mol. The van der Waals surface area contributed by atoms with E-state index in [2.05, 4.69) is 31.5 Å². The van der Waals surface area contributed by atoms with Crippen LogP contribution in [0.2, 0.25) is 0 Å². The van der Waals surface area contributed by atoms with Crippen molar-refractivity contribution in [1.29, 1.82) is 0 Å². The largest absolute Gasteiger partial charge is 0.468 e. The van der Waals surface area contributed by atoms with Crippen molar-refractivity contribution in [3.05, 3.63) is 52.9 Å². The summed E-state index contributed by atoms with van der Waals surface area (Å²) in [5.74, 6) is 0.811. The molecule has 3 amide bonds. The summed E-state index contributed by atoms with van der Waals surface area (Å²) in [4.78, 5) is 28.2. The van der Waals surface area contributed by atoms with E-state index in [1.165, 1.54) is 0 Å². The van der Waals surface area contributed by atoms with Gasteiger partial charge < -0.3 is 20.0 Å². The van der Waals surface area contributed by atoms with Gasteiger partial charge in [0.05, 0.1) is 12.8 Å². The number of hydrogen-bond donors (Lipinski definition) is 2. The van der Waals surface area contributed by atoms with Gasteiger partial charge in [0, 0.05) is 49.3 Å². The minimum absolute atomic E-state index is 0.121. The molecule has 0 radical (unpaired) electrons. The predicted octanol–water partition coefficient (Wildman–Crippen LogP) is 2.90. The van der Waals surface area contributed by atoms with Crippen molar-refractivity contribution in [2.45, 2.75) is 13.0 Å². The molecule has 1 aliphatic heterocycles. The van der Waals surface area contributed by atoms with Crippen molar-refractivity contribution in [2.75, 3.05) is 38.0 Å². The molecule has 2 N–H and O–H groups in total. The number of hydrogen-bond acceptors (Lipinski definition) is 4. The van der Waals surface area contributed by atoms with Crippen LogP contribution in [-0.2, 0) is 11.3 Å². The number of nitrogens with zero attached hydrogens (tertiary/aromatic N) is 2. The molecule has 1 fully saturated rings. The second-order valence-electron chi connectivity index (χ2n) is 6.38. The van der Waals surface area contributed by atoms with Gasteiger partial charge in [-0.15, -0.1) is 0 Å². The number of nitrogens with one attached hydrogen (secondary N) is 2. The Bertz CT molecular complexity index is 741. The summed E-state index contributed by atoms with van der Waals surface area (Å²) in [6, 6.07) is 11.1. The third-order valence-corrected chi connectivity index (χ3v) is 4.90. The van der Waals surface area contributed by atoms with Gasteiger partial charge in [0.1, 0.15) is 5.76 Å². The van der Waals surface area contributed by atoms with Crippen molar-refractivity contribution >= 4 is 33.6 Å². The molecular weight excluding hydrogens is 412 g/mol. The zero-order chi connectivity index (χ0) is 19.1. The minimum atomic E-state index is -0.124. The van der Waals surface area contributed by atoms with E-state index in [0.29, 0.717) is 19.6 Å². The third-order valence-electron chi connectivity index (χ3n) is 4.38. The van der Waals surface area contributed by atoms with Gasteiger partial charge in [0.2, 0.25) is 5.91 Å². The highest BCUT2D eigenvalue weighted by molar-refractivity contribution is 9.10. The van der Waals surface area contributed by atoms with Crippen LogP contribution in [-0.4, -0.2) is 54.5 Å². The Labute approximate surface area is 166 Å². The van der Waals surface area contributed by atoms with Crippen LogP contribution >= 0.6 is 15.9 Å². The Morgan fingerprint density at radius 2 is 1.81 bits per heavy atom. The maximum absolute atomic E-state index is 12.2. The highest BCUT2D eigenvalue weighted by atomic mass is 79.9. The first-order valence-electron chi connectivity index (χ1n) is 8.93. The van der Waals surface area contributed by atoms with Crippen LogP contribution in [0.4, 0.5) is 10.5 Å². The minimum Gasteiger partial charge on any atom is -0.468 e. The fraction of sp³-hybridized carbons (Fsp3) is 0.368. The summed E-state index contributed by atoms with van der Waals surface area (Å²) in [7, 11) is 0. The summed E-state index contributed by atoms with van der Waals surface area (Å²) in [5.41, 5.74) is 0.738. The molecule has 1 aliphatic rings. The molecule has 0 unspecified atom stereocenters. The van der Waals surface area contributed by atoms with Gasteiger partial charge in [0.25, 0.3) is 0 Å². The number of anilines is 1. The van der Waals surface area contributed by atoms with E-state index in [-0.39, 0.29) is 18.4 Å². The number of rotatable bonds is 6. The molecule has 144 valence electrons. The molecule has 0 atom stereocenters. The number of benzene rings is 1. The number of piperazine rings is 1. The lowest BCUT2D eigenvalue weighted by Gasteiger charge is -2.34. The summed E-state index contributed by atoms with van der Waals surface area (Å²) in [5, 5.41) is 5.63. The molecular formula is C19H23BrN4O3. The van der Waals surface area contributed by atoms with Crippen molar-refractivity contribution in [3.8, 4) is 0 Å². The normalized spacial score (nSPS) is 14.8. The lowest BCUT2D eigenvalue weighted by molar-refractivity contribution is -0.116. The zero-order valence-electron chi connectivity index (χ0n) is 15.0. The predicted molar refractivity (Wildman–Crippen MR) is 106 cm³/mol. The van der Waals surface area contributed by atoms with Crippen LogP contribution in [0.5, 0.6) is 0 Å². The molecule has 1 aromatic heterocycles. The molecule has 3 rings (SSSR count). The number of urea groups is 1. The number of carbonyl (C=O) groups excluding carboxylic acids is 2. The molecule has 1 aromatic carbocycles. The second-order valence-corrected chi connectivity index (χ2v) is 7.30. The van der Waals surface area contributed by atoms with E-state index in [1.54, 1.807) is 11.2 Å². The van der Waals surface area contributed by atoms with Crippen molar-refractivity contribution in [3.63, 3.8) is 0 Å². The average Bonchev–Trinajstić information content (AvgIpc) is 3.17. The lowest BCUT2D eigenvalue weighted by Crippen LogP contribution is -2.51. The molecule has 0 spiro atoms.